The molecule has 118 valence electrons. The van der Waals surface area contributed by atoms with Gasteiger partial charge in [-0.15, -0.1) is 0 Å². The molecule has 0 amide bonds. The van der Waals surface area contributed by atoms with E-state index < -0.39 is 0 Å². The fourth-order valence-corrected chi connectivity index (χ4v) is 4.13. The van der Waals surface area contributed by atoms with Crippen molar-refractivity contribution in [1.82, 2.24) is 5.32 Å². The summed E-state index contributed by atoms with van der Waals surface area (Å²) in [4.78, 5) is 0. The number of rotatable bonds is 5. The van der Waals surface area contributed by atoms with Crippen LogP contribution in [-0.2, 0) is 0 Å². The van der Waals surface area contributed by atoms with Crippen LogP contribution in [0.5, 0.6) is 5.75 Å². The highest BCUT2D eigenvalue weighted by Crippen LogP contribution is 2.42. The number of benzene rings is 1. The molecule has 0 aromatic heterocycles. The Morgan fingerprint density at radius 3 is 2.67 bits per heavy atom. The Hall–Kier alpha value is -1.02. The van der Waals surface area contributed by atoms with Gasteiger partial charge in [-0.3, -0.25) is 0 Å². The zero-order valence-corrected chi connectivity index (χ0v) is 14.3. The van der Waals surface area contributed by atoms with Crippen molar-refractivity contribution < 1.29 is 4.74 Å². The van der Waals surface area contributed by atoms with Crippen molar-refractivity contribution >= 4 is 0 Å². The summed E-state index contributed by atoms with van der Waals surface area (Å²) in [7, 11) is 3.89. The lowest BCUT2D eigenvalue weighted by Crippen LogP contribution is -2.30. The third-order valence-corrected chi connectivity index (χ3v) is 5.21. The van der Waals surface area contributed by atoms with Crippen molar-refractivity contribution in [2.24, 2.45) is 11.8 Å². The van der Waals surface area contributed by atoms with Gasteiger partial charge in [0.2, 0.25) is 0 Å². The molecule has 0 heterocycles. The largest absolute Gasteiger partial charge is 0.496 e. The van der Waals surface area contributed by atoms with E-state index in [0.717, 1.165) is 17.6 Å². The van der Waals surface area contributed by atoms with Crippen LogP contribution in [0.3, 0.4) is 0 Å². The highest BCUT2D eigenvalue weighted by Gasteiger charge is 2.30. The summed E-state index contributed by atoms with van der Waals surface area (Å²) in [6.45, 7) is 6.69. The minimum Gasteiger partial charge on any atom is -0.496 e. The maximum Gasteiger partial charge on any atom is 0.124 e. The Labute approximate surface area is 130 Å². The van der Waals surface area contributed by atoms with Crippen LogP contribution in [0.4, 0.5) is 0 Å². The average molecular weight is 289 g/mol. The van der Waals surface area contributed by atoms with Crippen molar-refractivity contribution in [3.63, 3.8) is 0 Å². The number of nitrogens with one attached hydrogen (secondary N) is 1. The molecule has 1 aliphatic rings. The second-order valence-electron chi connectivity index (χ2n) is 6.67. The van der Waals surface area contributed by atoms with E-state index in [1.807, 2.05) is 0 Å². The molecule has 3 atom stereocenters. The first kappa shape index (κ1) is 16.4. The third kappa shape index (κ3) is 3.60. The van der Waals surface area contributed by atoms with Gasteiger partial charge in [-0.25, -0.2) is 0 Å². The number of hydrogen-bond acceptors (Lipinski definition) is 2. The van der Waals surface area contributed by atoms with Crippen molar-refractivity contribution in [3.8, 4) is 5.75 Å². The number of aryl methyl sites for hydroxylation is 2. The highest BCUT2D eigenvalue weighted by atomic mass is 16.5. The molecule has 21 heavy (non-hydrogen) atoms. The van der Waals surface area contributed by atoms with Gasteiger partial charge in [0.1, 0.15) is 5.75 Å². The molecule has 2 rings (SSSR count). The molecule has 2 nitrogen and oxygen atoms in total. The Morgan fingerprint density at radius 1 is 1.29 bits per heavy atom. The van der Waals surface area contributed by atoms with Crippen molar-refractivity contribution in [1.29, 1.82) is 0 Å². The minimum atomic E-state index is 0.412. The van der Waals surface area contributed by atoms with Crippen LogP contribution in [0.2, 0.25) is 0 Å². The Kier molecular flexibility index (Phi) is 5.69. The lowest BCUT2D eigenvalue weighted by Gasteiger charge is -2.35. The standard InChI is InChI=1S/C19H31NO/c1-6-15-8-7-9-16(12-15)19(20-4)18-14(3)10-13(2)11-17(18)21-5/h10-11,15-16,19-20H,6-9,12H2,1-5H3. The minimum absolute atomic E-state index is 0.412. The monoisotopic (exact) mass is 289 g/mol. The molecule has 1 aliphatic carbocycles. The molecule has 0 spiro atoms. The molecule has 2 heteroatoms. The van der Waals surface area contributed by atoms with E-state index in [1.54, 1.807) is 7.11 Å². The van der Waals surface area contributed by atoms with E-state index in [9.17, 15) is 0 Å². The quantitative estimate of drug-likeness (QED) is 0.841. The number of methoxy groups -OCH3 is 1. The highest BCUT2D eigenvalue weighted by molar-refractivity contribution is 5.45. The predicted octanol–water partition coefficient (Wildman–Crippen LogP) is 4.79. The summed E-state index contributed by atoms with van der Waals surface area (Å²) < 4.78 is 5.69. The normalized spacial score (nSPS) is 23.9. The van der Waals surface area contributed by atoms with E-state index in [1.165, 1.54) is 48.8 Å². The van der Waals surface area contributed by atoms with Crippen LogP contribution in [-0.4, -0.2) is 14.2 Å². The van der Waals surface area contributed by atoms with E-state index in [2.05, 4.69) is 45.3 Å². The molecule has 1 aromatic rings. The topological polar surface area (TPSA) is 21.3 Å². The van der Waals surface area contributed by atoms with Gasteiger partial charge in [-0.2, -0.15) is 0 Å². The maximum absolute atomic E-state index is 5.69. The SMILES string of the molecule is CCC1CCCC(C(NC)c2c(C)cc(C)cc2OC)C1. The Balaban J connectivity index is 2.32. The van der Waals surface area contributed by atoms with Gasteiger partial charge in [-0.05, 0) is 62.8 Å². The third-order valence-electron chi connectivity index (χ3n) is 5.21. The first-order chi connectivity index (χ1) is 10.1. The fraction of sp³-hybridized carbons (Fsp3) is 0.684. The van der Waals surface area contributed by atoms with Crippen LogP contribution in [0.15, 0.2) is 12.1 Å². The summed E-state index contributed by atoms with van der Waals surface area (Å²) in [5.74, 6) is 2.67. The Morgan fingerprint density at radius 2 is 2.05 bits per heavy atom. The first-order valence-corrected chi connectivity index (χ1v) is 8.43. The molecule has 0 radical (unpaired) electrons. The van der Waals surface area contributed by atoms with Crippen LogP contribution < -0.4 is 10.1 Å². The van der Waals surface area contributed by atoms with Crippen LogP contribution in [0.1, 0.15) is 61.8 Å². The lowest BCUT2D eigenvalue weighted by atomic mass is 9.74. The van der Waals surface area contributed by atoms with E-state index in [0.29, 0.717) is 6.04 Å². The fourth-order valence-electron chi connectivity index (χ4n) is 4.13. The van der Waals surface area contributed by atoms with E-state index in [-0.39, 0.29) is 0 Å². The van der Waals surface area contributed by atoms with Crippen LogP contribution in [0, 0.1) is 25.7 Å². The summed E-state index contributed by atoms with van der Waals surface area (Å²) in [6, 6.07) is 4.87. The molecule has 3 unspecified atom stereocenters. The molecule has 0 aliphatic heterocycles. The van der Waals surface area contributed by atoms with Gasteiger partial charge in [0.25, 0.3) is 0 Å². The zero-order chi connectivity index (χ0) is 15.4. The van der Waals surface area contributed by atoms with Gasteiger partial charge in [0.05, 0.1) is 7.11 Å². The molecule has 0 saturated heterocycles. The summed E-state index contributed by atoms with van der Waals surface area (Å²) in [5, 5.41) is 3.59. The number of ether oxygens (including phenoxy) is 1. The van der Waals surface area contributed by atoms with Gasteiger partial charge in [0, 0.05) is 11.6 Å². The smallest absolute Gasteiger partial charge is 0.124 e. The van der Waals surface area contributed by atoms with Crippen LogP contribution >= 0.6 is 0 Å². The number of hydrogen-bond donors (Lipinski definition) is 1. The molecule has 1 fully saturated rings. The lowest BCUT2D eigenvalue weighted by molar-refractivity contribution is 0.211. The van der Waals surface area contributed by atoms with Gasteiger partial charge >= 0.3 is 0 Å². The van der Waals surface area contributed by atoms with E-state index >= 15 is 0 Å². The van der Waals surface area contributed by atoms with Gasteiger partial charge in [-0.1, -0.05) is 32.3 Å². The van der Waals surface area contributed by atoms with Gasteiger partial charge in [0.15, 0.2) is 0 Å². The second kappa shape index (κ2) is 7.31. The average Bonchev–Trinajstić information content (AvgIpc) is 2.49. The molecule has 1 N–H and O–H groups in total. The van der Waals surface area contributed by atoms with E-state index in [4.69, 9.17) is 4.74 Å². The second-order valence-corrected chi connectivity index (χ2v) is 6.67. The summed E-state index contributed by atoms with van der Waals surface area (Å²) in [5.41, 5.74) is 4.00. The van der Waals surface area contributed by atoms with Crippen molar-refractivity contribution in [3.05, 3.63) is 28.8 Å². The predicted molar refractivity (Wildman–Crippen MR) is 90.0 cm³/mol. The summed E-state index contributed by atoms with van der Waals surface area (Å²) >= 11 is 0. The Bertz CT molecular complexity index is 469. The zero-order valence-electron chi connectivity index (χ0n) is 14.3. The van der Waals surface area contributed by atoms with Crippen LogP contribution in [0.25, 0.3) is 0 Å². The molecular formula is C19H31NO. The first-order valence-electron chi connectivity index (χ1n) is 8.43. The molecule has 0 bridgehead atoms. The summed E-state index contributed by atoms with van der Waals surface area (Å²) in [6.07, 6.45) is 6.77. The maximum atomic E-state index is 5.69. The molecular weight excluding hydrogens is 258 g/mol. The molecule has 1 saturated carbocycles. The van der Waals surface area contributed by atoms with Crippen molar-refractivity contribution in [2.45, 2.75) is 58.9 Å². The van der Waals surface area contributed by atoms with Crippen molar-refractivity contribution in [2.75, 3.05) is 14.2 Å². The van der Waals surface area contributed by atoms with Gasteiger partial charge < -0.3 is 10.1 Å². The molecule has 1 aromatic carbocycles.